The first-order chi connectivity index (χ1) is 16.5. The molecule has 4 heterocycles. The minimum Gasteiger partial charge on any atom is -0.415 e. The van der Waals surface area contributed by atoms with Crippen LogP contribution in [0.1, 0.15) is 23.6 Å². The lowest BCUT2D eigenvalue weighted by molar-refractivity contribution is 0.116. The first-order valence-corrected chi connectivity index (χ1v) is 11.1. The molecule has 0 radical (unpaired) electrons. The van der Waals surface area contributed by atoms with Crippen molar-refractivity contribution in [2.45, 2.75) is 19.5 Å². The summed E-state index contributed by atoms with van der Waals surface area (Å²) in [5.74, 6) is -0.312. The summed E-state index contributed by atoms with van der Waals surface area (Å²) in [6.07, 6.45) is -1.35. The lowest BCUT2D eigenvalue weighted by Crippen LogP contribution is -2.42. The number of aromatic nitrogens is 5. The highest BCUT2D eigenvalue weighted by molar-refractivity contribution is 7.71. The monoisotopic (exact) mass is 485 g/mol. The lowest BCUT2D eigenvalue weighted by atomic mass is 10.1. The van der Waals surface area contributed by atoms with Crippen LogP contribution >= 0.6 is 12.2 Å². The predicted molar refractivity (Wildman–Crippen MR) is 120 cm³/mol. The van der Waals surface area contributed by atoms with Gasteiger partial charge in [-0.2, -0.15) is 8.78 Å². The molecule has 0 atom stereocenters. The topological polar surface area (TPSA) is 98.0 Å². The van der Waals surface area contributed by atoms with E-state index in [4.69, 9.17) is 21.1 Å². The third kappa shape index (κ3) is 5.08. The van der Waals surface area contributed by atoms with Gasteiger partial charge < -0.3 is 14.2 Å². The number of alkyl halides is 2. The molecule has 0 aliphatic carbocycles. The second-order valence-corrected chi connectivity index (χ2v) is 8.19. The minimum atomic E-state index is -2.82. The summed E-state index contributed by atoms with van der Waals surface area (Å²) in [6, 6.07) is 11.5. The molecule has 1 aliphatic rings. The van der Waals surface area contributed by atoms with Crippen LogP contribution in [-0.2, 0) is 13.1 Å². The van der Waals surface area contributed by atoms with E-state index in [1.165, 1.54) is 11.8 Å². The highest BCUT2D eigenvalue weighted by atomic mass is 32.1. The number of nitrogens with one attached hydrogen (secondary N) is 1. The van der Waals surface area contributed by atoms with Gasteiger partial charge >= 0.3 is 6.43 Å². The van der Waals surface area contributed by atoms with Crippen LogP contribution in [0, 0.1) is 4.84 Å². The van der Waals surface area contributed by atoms with E-state index < -0.39 is 12.3 Å². The number of piperazine rings is 1. The fraction of sp³-hybridized carbons (Fsp3) is 0.318. The highest BCUT2D eigenvalue weighted by Crippen LogP contribution is 2.23. The van der Waals surface area contributed by atoms with Gasteiger partial charge in [-0.25, -0.2) is 4.68 Å². The Labute approximate surface area is 198 Å². The van der Waals surface area contributed by atoms with Gasteiger partial charge in [0.05, 0.1) is 17.8 Å². The zero-order chi connectivity index (χ0) is 23.5. The Morgan fingerprint density at radius 1 is 0.941 bits per heavy atom. The van der Waals surface area contributed by atoms with Gasteiger partial charge in [0.25, 0.3) is 10.7 Å². The Balaban J connectivity index is 1.25. The minimum absolute atomic E-state index is 0.0184. The Hall–Kier alpha value is -3.35. The molecule has 1 fully saturated rings. The summed E-state index contributed by atoms with van der Waals surface area (Å²) in [6.45, 7) is 5.32. The Kier molecular flexibility index (Phi) is 6.52. The molecule has 1 aromatic carbocycles. The maximum atomic E-state index is 12.6. The molecule has 5 rings (SSSR count). The summed E-state index contributed by atoms with van der Waals surface area (Å²) < 4.78 is 37.5. The average Bonchev–Trinajstić information content (AvgIpc) is 3.49. The van der Waals surface area contributed by atoms with E-state index in [9.17, 15) is 8.78 Å². The predicted octanol–water partition coefficient (Wildman–Crippen LogP) is 3.71. The smallest absolute Gasteiger partial charge is 0.314 e. The number of halogens is 2. The quantitative estimate of drug-likeness (QED) is 0.393. The van der Waals surface area contributed by atoms with Crippen molar-refractivity contribution in [3.63, 3.8) is 0 Å². The molecule has 0 spiro atoms. The van der Waals surface area contributed by atoms with Gasteiger partial charge in [-0.1, -0.05) is 12.1 Å². The molecule has 3 aromatic heterocycles. The van der Waals surface area contributed by atoms with Crippen molar-refractivity contribution < 1.29 is 17.6 Å². The zero-order valence-corrected chi connectivity index (χ0v) is 18.8. The molecule has 0 bridgehead atoms. The molecule has 0 saturated carbocycles. The van der Waals surface area contributed by atoms with E-state index in [2.05, 4.69) is 42.6 Å². The second-order valence-electron chi connectivity index (χ2n) is 7.84. The van der Waals surface area contributed by atoms with Crippen molar-refractivity contribution in [3.05, 3.63) is 64.6 Å². The third-order valence-electron chi connectivity index (χ3n) is 5.43. The molecule has 1 aliphatic heterocycles. The molecule has 4 aromatic rings. The van der Waals surface area contributed by atoms with Crippen molar-refractivity contribution in [2.24, 2.45) is 0 Å². The largest absolute Gasteiger partial charge is 0.415 e. The first-order valence-electron chi connectivity index (χ1n) is 10.7. The number of hydrogen-bond donors (Lipinski definition) is 1. The molecular weight excluding hydrogens is 464 g/mol. The van der Waals surface area contributed by atoms with Crippen molar-refractivity contribution in [1.29, 1.82) is 0 Å². The van der Waals surface area contributed by atoms with Gasteiger partial charge in [-0.15, -0.1) is 15.3 Å². The first kappa shape index (κ1) is 22.4. The van der Waals surface area contributed by atoms with Crippen LogP contribution in [0.2, 0.25) is 0 Å². The summed E-state index contributed by atoms with van der Waals surface area (Å²) in [5, 5.41) is 14.8. The standard InChI is InChI=1S/C22H21F2N7O2S/c23-18(24)21-28-27-19(32-21)16-5-6-17(26-11-16)13-31-22(34)33-20(29-31)15-3-1-14(2-4-15)12-30-9-7-25-8-10-30/h1-6,11,18,25H,7-10,12-13H2. The van der Waals surface area contributed by atoms with Crippen molar-refractivity contribution in [1.82, 2.24) is 35.2 Å². The van der Waals surface area contributed by atoms with Gasteiger partial charge in [0.1, 0.15) is 0 Å². The highest BCUT2D eigenvalue weighted by Gasteiger charge is 2.17. The van der Waals surface area contributed by atoms with Crippen LogP contribution in [0.3, 0.4) is 0 Å². The van der Waals surface area contributed by atoms with Crippen LogP contribution in [0.15, 0.2) is 51.4 Å². The fourth-order valence-corrected chi connectivity index (χ4v) is 3.82. The SMILES string of the molecule is FC(F)c1nnc(-c2ccc(Cn3nc(-c4ccc(CN5CCNCC5)cc4)oc3=S)nc2)o1. The molecule has 9 nitrogen and oxygen atoms in total. The van der Waals surface area contributed by atoms with Gasteiger partial charge in [0, 0.05) is 44.5 Å². The van der Waals surface area contributed by atoms with E-state index in [-0.39, 0.29) is 17.3 Å². The van der Waals surface area contributed by atoms with E-state index in [0.717, 1.165) is 38.3 Å². The van der Waals surface area contributed by atoms with Gasteiger partial charge in [0.2, 0.25) is 11.8 Å². The number of nitrogens with zero attached hydrogens (tertiary/aromatic N) is 6. The summed E-state index contributed by atoms with van der Waals surface area (Å²) >= 11 is 5.32. The summed E-state index contributed by atoms with van der Waals surface area (Å²) in [5.41, 5.74) is 3.16. The molecule has 1 saturated heterocycles. The molecule has 34 heavy (non-hydrogen) atoms. The normalized spacial score (nSPS) is 14.7. The van der Waals surface area contributed by atoms with Crippen LogP contribution in [0.25, 0.3) is 22.9 Å². The maximum absolute atomic E-state index is 12.6. The zero-order valence-electron chi connectivity index (χ0n) is 18.0. The van der Waals surface area contributed by atoms with Crippen LogP contribution in [0.5, 0.6) is 0 Å². The lowest BCUT2D eigenvalue weighted by Gasteiger charge is -2.27. The number of benzene rings is 1. The molecule has 0 amide bonds. The Morgan fingerprint density at radius 2 is 1.71 bits per heavy atom. The molecule has 1 N–H and O–H groups in total. The van der Waals surface area contributed by atoms with Gasteiger partial charge in [0.15, 0.2) is 0 Å². The van der Waals surface area contributed by atoms with Crippen LogP contribution in [0.4, 0.5) is 8.78 Å². The molecule has 0 unspecified atom stereocenters. The fourth-order valence-electron chi connectivity index (χ4n) is 3.64. The van der Waals surface area contributed by atoms with E-state index in [1.807, 2.05) is 12.1 Å². The third-order valence-corrected chi connectivity index (χ3v) is 5.73. The number of rotatable bonds is 7. The average molecular weight is 486 g/mol. The second kappa shape index (κ2) is 9.87. The van der Waals surface area contributed by atoms with Gasteiger partial charge in [-0.3, -0.25) is 9.88 Å². The van der Waals surface area contributed by atoms with Crippen molar-refractivity contribution >= 4 is 12.2 Å². The van der Waals surface area contributed by atoms with Crippen molar-refractivity contribution in [3.8, 4) is 22.9 Å². The Morgan fingerprint density at radius 3 is 2.38 bits per heavy atom. The summed E-state index contributed by atoms with van der Waals surface area (Å²) in [4.78, 5) is 6.96. The maximum Gasteiger partial charge on any atom is 0.314 e. The molecule has 176 valence electrons. The van der Waals surface area contributed by atoms with E-state index in [1.54, 1.807) is 16.8 Å². The number of pyridine rings is 1. The molecule has 12 heteroatoms. The van der Waals surface area contributed by atoms with Crippen molar-refractivity contribution in [2.75, 3.05) is 26.2 Å². The van der Waals surface area contributed by atoms with E-state index >= 15 is 0 Å². The molecular formula is C22H21F2N7O2S. The van der Waals surface area contributed by atoms with E-state index in [0.29, 0.717) is 17.1 Å². The van der Waals surface area contributed by atoms with Crippen LogP contribution < -0.4 is 5.32 Å². The Bertz CT molecular complexity index is 1300. The summed E-state index contributed by atoms with van der Waals surface area (Å²) in [7, 11) is 0. The number of hydrogen-bond acceptors (Lipinski definition) is 9. The van der Waals surface area contributed by atoms with Crippen LogP contribution in [-0.4, -0.2) is 56.0 Å². The van der Waals surface area contributed by atoms with Gasteiger partial charge in [-0.05, 0) is 42.0 Å².